The van der Waals surface area contributed by atoms with Crippen molar-refractivity contribution in [3.8, 4) is 0 Å². The Morgan fingerprint density at radius 3 is 2.52 bits per heavy atom. The van der Waals surface area contributed by atoms with Gasteiger partial charge in [-0.25, -0.2) is 4.99 Å². The van der Waals surface area contributed by atoms with Crippen LogP contribution in [0.3, 0.4) is 0 Å². The fourth-order valence-electron chi connectivity index (χ4n) is 2.28. The Bertz CT molecular complexity index is 662. The van der Waals surface area contributed by atoms with Crippen LogP contribution in [-0.4, -0.2) is 43.1 Å². The van der Waals surface area contributed by atoms with Gasteiger partial charge in [-0.05, 0) is 18.6 Å². The first-order chi connectivity index (χ1) is 10.9. The zero-order chi connectivity index (χ0) is 17.0. The van der Waals surface area contributed by atoms with E-state index in [4.69, 9.17) is 21.9 Å². The Kier molecular flexibility index (Phi) is 4.96. The van der Waals surface area contributed by atoms with Gasteiger partial charge in [0.2, 0.25) is 5.96 Å². The zero-order valence-corrected chi connectivity index (χ0v) is 12.7. The summed E-state index contributed by atoms with van der Waals surface area (Å²) in [4.78, 5) is 20.6. The number of aliphatic imine (C=N–C) groups is 2. The molecule has 6 N–H and O–H groups in total. The summed E-state index contributed by atoms with van der Waals surface area (Å²) in [5.41, 5.74) is 17.7. The molecule has 2 rings (SSSR count). The summed E-state index contributed by atoms with van der Waals surface area (Å²) in [6, 6.07) is 3.08. The Morgan fingerprint density at radius 1 is 1.30 bits per heavy atom. The van der Waals surface area contributed by atoms with Crippen molar-refractivity contribution in [3.05, 3.63) is 27.8 Å². The van der Waals surface area contributed by atoms with Crippen molar-refractivity contribution < 1.29 is 9.66 Å². The predicted molar refractivity (Wildman–Crippen MR) is 88.0 cm³/mol. The van der Waals surface area contributed by atoms with E-state index in [9.17, 15) is 10.1 Å². The van der Waals surface area contributed by atoms with Crippen molar-refractivity contribution in [2.45, 2.75) is 6.92 Å². The number of aryl methyl sites for hydroxylation is 1. The predicted octanol–water partition coefficient (Wildman–Crippen LogP) is -0.0406. The standard InChI is InChI=1S/C13H19N7O3/c1-8-6-11(20(21)22)10(19-2-4-23-5-3-19)7-9(8)17-13(16)18-12(14)15/h6-7H,2-5H2,1H3,(H6,14,15,16,17,18). The molecule has 0 atom stereocenters. The second-order valence-corrected chi connectivity index (χ2v) is 4.99. The number of benzene rings is 1. The minimum absolute atomic E-state index is 0.0174. The van der Waals surface area contributed by atoms with Gasteiger partial charge < -0.3 is 26.8 Å². The van der Waals surface area contributed by atoms with Crippen LogP contribution in [0.5, 0.6) is 0 Å². The smallest absolute Gasteiger partial charge is 0.292 e. The number of ether oxygens (including phenoxy) is 1. The summed E-state index contributed by atoms with van der Waals surface area (Å²) in [5, 5.41) is 11.3. The van der Waals surface area contributed by atoms with Crippen molar-refractivity contribution >= 4 is 29.0 Å². The summed E-state index contributed by atoms with van der Waals surface area (Å²) in [6.07, 6.45) is 0. The third-order valence-corrected chi connectivity index (χ3v) is 3.32. The van der Waals surface area contributed by atoms with Crippen LogP contribution in [0.15, 0.2) is 22.1 Å². The van der Waals surface area contributed by atoms with E-state index in [2.05, 4.69) is 9.98 Å². The molecule has 1 saturated heterocycles. The number of nitrogens with two attached hydrogens (primary N) is 3. The summed E-state index contributed by atoms with van der Waals surface area (Å²) in [6.45, 7) is 3.87. The molecule has 0 saturated carbocycles. The molecule has 0 amide bonds. The molecule has 1 aromatic carbocycles. The highest BCUT2D eigenvalue weighted by Crippen LogP contribution is 2.35. The van der Waals surface area contributed by atoms with Crippen LogP contribution in [0.25, 0.3) is 0 Å². The lowest BCUT2D eigenvalue weighted by molar-refractivity contribution is -0.384. The average molecular weight is 321 g/mol. The quantitative estimate of drug-likeness (QED) is 0.305. The first kappa shape index (κ1) is 16.5. The first-order valence-electron chi connectivity index (χ1n) is 6.94. The van der Waals surface area contributed by atoms with E-state index in [1.165, 1.54) is 6.07 Å². The van der Waals surface area contributed by atoms with Crippen molar-refractivity contribution in [2.24, 2.45) is 27.2 Å². The number of nitro benzene ring substituents is 1. The van der Waals surface area contributed by atoms with E-state index >= 15 is 0 Å². The summed E-state index contributed by atoms with van der Waals surface area (Å²) in [5.74, 6) is -0.325. The summed E-state index contributed by atoms with van der Waals surface area (Å²) in [7, 11) is 0. The van der Waals surface area contributed by atoms with Crippen LogP contribution in [0.4, 0.5) is 17.1 Å². The van der Waals surface area contributed by atoms with Gasteiger partial charge in [-0.2, -0.15) is 4.99 Å². The minimum atomic E-state index is -0.412. The number of hydrogen-bond acceptors (Lipinski definition) is 5. The number of anilines is 1. The molecule has 10 heteroatoms. The van der Waals surface area contributed by atoms with Gasteiger partial charge in [0.05, 0.1) is 23.8 Å². The van der Waals surface area contributed by atoms with E-state index in [1.54, 1.807) is 13.0 Å². The molecule has 0 aliphatic carbocycles. The molecule has 1 fully saturated rings. The molecule has 0 radical (unpaired) electrons. The van der Waals surface area contributed by atoms with Crippen LogP contribution >= 0.6 is 0 Å². The number of morpholine rings is 1. The largest absolute Gasteiger partial charge is 0.378 e. The monoisotopic (exact) mass is 321 g/mol. The highest BCUT2D eigenvalue weighted by Gasteiger charge is 2.23. The second-order valence-electron chi connectivity index (χ2n) is 4.99. The molecule has 124 valence electrons. The van der Waals surface area contributed by atoms with E-state index < -0.39 is 4.92 Å². The number of nitro groups is 1. The number of rotatable bonds is 3. The third kappa shape index (κ3) is 4.07. The van der Waals surface area contributed by atoms with E-state index in [0.29, 0.717) is 43.2 Å². The molecule has 0 bridgehead atoms. The lowest BCUT2D eigenvalue weighted by Crippen LogP contribution is -2.36. The zero-order valence-electron chi connectivity index (χ0n) is 12.7. The Labute approximate surface area is 132 Å². The Balaban J connectivity index is 2.48. The van der Waals surface area contributed by atoms with Crippen LogP contribution in [0, 0.1) is 17.0 Å². The first-order valence-corrected chi connectivity index (χ1v) is 6.94. The molecule has 1 aromatic rings. The average Bonchev–Trinajstić information content (AvgIpc) is 2.48. The fourth-order valence-corrected chi connectivity index (χ4v) is 2.28. The van der Waals surface area contributed by atoms with Gasteiger partial charge in [0.15, 0.2) is 5.96 Å². The Hall–Kier alpha value is -2.88. The highest BCUT2D eigenvalue weighted by atomic mass is 16.6. The summed E-state index contributed by atoms with van der Waals surface area (Å²) < 4.78 is 5.28. The molecule has 23 heavy (non-hydrogen) atoms. The molecule has 10 nitrogen and oxygen atoms in total. The van der Waals surface area contributed by atoms with Crippen molar-refractivity contribution in [2.75, 3.05) is 31.2 Å². The topological polar surface area (TPSA) is 158 Å². The molecule has 1 aliphatic rings. The van der Waals surface area contributed by atoms with Crippen LogP contribution in [-0.2, 0) is 4.74 Å². The lowest BCUT2D eigenvalue weighted by atomic mass is 10.1. The van der Waals surface area contributed by atoms with Gasteiger partial charge in [0.1, 0.15) is 5.69 Å². The molecule has 0 unspecified atom stereocenters. The molecular formula is C13H19N7O3. The fraction of sp³-hybridized carbons (Fsp3) is 0.385. The normalized spacial score (nSPS) is 15.3. The number of nitrogens with zero attached hydrogens (tertiary/aromatic N) is 4. The van der Waals surface area contributed by atoms with Crippen molar-refractivity contribution in [1.82, 2.24) is 0 Å². The molecular weight excluding hydrogens is 302 g/mol. The van der Waals surface area contributed by atoms with Crippen LogP contribution < -0.4 is 22.1 Å². The van der Waals surface area contributed by atoms with E-state index in [-0.39, 0.29) is 17.6 Å². The number of hydrogen-bond donors (Lipinski definition) is 3. The van der Waals surface area contributed by atoms with E-state index in [1.807, 2.05) is 4.90 Å². The van der Waals surface area contributed by atoms with Crippen molar-refractivity contribution in [3.63, 3.8) is 0 Å². The molecule has 0 aromatic heterocycles. The Morgan fingerprint density at radius 2 is 1.96 bits per heavy atom. The van der Waals surface area contributed by atoms with E-state index in [0.717, 1.165) is 0 Å². The van der Waals surface area contributed by atoms with Gasteiger partial charge in [-0.1, -0.05) is 0 Å². The SMILES string of the molecule is Cc1cc([N+](=O)[O-])c(N2CCOCC2)cc1N=C(N)N=C(N)N. The van der Waals surface area contributed by atoms with Crippen molar-refractivity contribution in [1.29, 1.82) is 0 Å². The summed E-state index contributed by atoms with van der Waals surface area (Å²) >= 11 is 0. The van der Waals surface area contributed by atoms with Gasteiger partial charge in [0, 0.05) is 19.2 Å². The lowest BCUT2D eigenvalue weighted by Gasteiger charge is -2.28. The van der Waals surface area contributed by atoms with Gasteiger partial charge in [-0.15, -0.1) is 0 Å². The third-order valence-electron chi connectivity index (χ3n) is 3.32. The second kappa shape index (κ2) is 6.92. The maximum Gasteiger partial charge on any atom is 0.292 e. The minimum Gasteiger partial charge on any atom is -0.378 e. The van der Waals surface area contributed by atoms with Gasteiger partial charge >= 0.3 is 0 Å². The van der Waals surface area contributed by atoms with Gasteiger partial charge in [-0.3, -0.25) is 10.1 Å². The molecule has 1 aliphatic heterocycles. The highest BCUT2D eigenvalue weighted by molar-refractivity contribution is 5.94. The molecule has 1 heterocycles. The number of guanidine groups is 2. The van der Waals surface area contributed by atoms with Crippen LogP contribution in [0.1, 0.15) is 5.56 Å². The van der Waals surface area contributed by atoms with Gasteiger partial charge in [0.25, 0.3) is 5.69 Å². The maximum atomic E-state index is 11.3. The maximum absolute atomic E-state index is 11.3. The van der Waals surface area contributed by atoms with Crippen LogP contribution in [0.2, 0.25) is 0 Å². The molecule has 0 spiro atoms.